The van der Waals surface area contributed by atoms with Crippen LogP contribution in [0, 0.1) is 5.82 Å². The highest BCUT2D eigenvalue weighted by molar-refractivity contribution is 6.01. The van der Waals surface area contributed by atoms with Crippen LogP contribution in [0.2, 0.25) is 0 Å². The van der Waals surface area contributed by atoms with E-state index in [4.69, 9.17) is 4.74 Å². The molecule has 25 heavy (non-hydrogen) atoms. The maximum Gasteiger partial charge on any atom is 0.339 e. The molecule has 0 fully saturated rings. The summed E-state index contributed by atoms with van der Waals surface area (Å²) in [5.74, 6) is -1.88. The number of carboxylic acid groups (broad SMARTS) is 1. The molecule has 0 bridgehead atoms. The number of hydrogen-bond acceptors (Lipinski definition) is 3. The summed E-state index contributed by atoms with van der Waals surface area (Å²) in [6.45, 7) is -0.369. The van der Waals surface area contributed by atoms with E-state index in [-0.39, 0.29) is 17.9 Å². The lowest BCUT2D eigenvalue weighted by Gasteiger charge is -2.12. The number of carboxylic acids is 1. The van der Waals surface area contributed by atoms with Gasteiger partial charge in [0.2, 0.25) is 0 Å². The van der Waals surface area contributed by atoms with Gasteiger partial charge in [0.15, 0.2) is 6.61 Å². The number of aromatic carboxylic acids is 1. The second-order valence-corrected chi connectivity index (χ2v) is 5.31. The second-order valence-electron chi connectivity index (χ2n) is 5.31. The van der Waals surface area contributed by atoms with Crippen molar-refractivity contribution >= 4 is 28.3 Å². The fourth-order valence-electron chi connectivity index (χ4n) is 2.43. The van der Waals surface area contributed by atoms with Crippen LogP contribution in [-0.4, -0.2) is 23.6 Å². The molecule has 0 saturated carbocycles. The van der Waals surface area contributed by atoms with Crippen LogP contribution < -0.4 is 10.1 Å². The van der Waals surface area contributed by atoms with E-state index in [1.165, 1.54) is 30.3 Å². The number of ether oxygens (including phenoxy) is 1. The zero-order valence-electron chi connectivity index (χ0n) is 13.0. The van der Waals surface area contributed by atoms with Gasteiger partial charge in [-0.3, -0.25) is 4.79 Å². The normalized spacial score (nSPS) is 10.4. The fourth-order valence-corrected chi connectivity index (χ4v) is 2.43. The van der Waals surface area contributed by atoms with Crippen molar-refractivity contribution in [1.29, 1.82) is 0 Å². The summed E-state index contributed by atoms with van der Waals surface area (Å²) in [5.41, 5.74) is 0.402. The summed E-state index contributed by atoms with van der Waals surface area (Å²) in [6, 6.07) is 15.6. The Morgan fingerprint density at radius 2 is 1.72 bits per heavy atom. The van der Waals surface area contributed by atoms with Crippen LogP contribution in [0.15, 0.2) is 60.7 Å². The molecule has 0 saturated heterocycles. The SMILES string of the molecule is O=C(COc1c(C(=O)O)ccc2ccccc12)Nc1ccc(F)cc1. The standard InChI is InChI=1S/C19H14FNO4/c20-13-6-8-14(9-7-13)21-17(22)11-25-18-15-4-2-1-3-12(15)5-10-16(18)19(23)24/h1-10H,11H2,(H,21,22)(H,23,24). The Morgan fingerprint density at radius 1 is 1.00 bits per heavy atom. The Labute approximate surface area is 142 Å². The molecule has 3 aromatic rings. The van der Waals surface area contributed by atoms with Gasteiger partial charge >= 0.3 is 5.97 Å². The van der Waals surface area contributed by atoms with Gasteiger partial charge in [-0.25, -0.2) is 9.18 Å². The smallest absolute Gasteiger partial charge is 0.339 e. The van der Waals surface area contributed by atoms with Gasteiger partial charge in [-0.05, 0) is 35.7 Å². The summed E-state index contributed by atoms with van der Waals surface area (Å²) in [6.07, 6.45) is 0. The molecule has 0 spiro atoms. The summed E-state index contributed by atoms with van der Waals surface area (Å²) in [4.78, 5) is 23.4. The van der Waals surface area contributed by atoms with E-state index >= 15 is 0 Å². The van der Waals surface area contributed by atoms with Gasteiger partial charge in [-0.2, -0.15) is 0 Å². The quantitative estimate of drug-likeness (QED) is 0.743. The van der Waals surface area contributed by atoms with Crippen LogP contribution in [0.3, 0.4) is 0 Å². The van der Waals surface area contributed by atoms with Gasteiger partial charge in [0.05, 0.1) is 0 Å². The van der Waals surface area contributed by atoms with Crippen molar-refractivity contribution in [3.63, 3.8) is 0 Å². The molecule has 0 atom stereocenters. The Bertz CT molecular complexity index is 938. The second kappa shape index (κ2) is 7.00. The van der Waals surface area contributed by atoms with Crippen LogP contribution >= 0.6 is 0 Å². The summed E-state index contributed by atoms with van der Waals surface area (Å²) in [5, 5.41) is 13.3. The average Bonchev–Trinajstić information content (AvgIpc) is 2.61. The third kappa shape index (κ3) is 3.74. The van der Waals surface area contributed by atoms with Crippen LogP contribution in [-0.2, 0) is 4.79 Å². The number of amides is 1. The van der Waals surface area contributed by atoms with E-state index in [1.807, 2.05) is 12.1 Å². The Kier molecular flexibility index (Phi) is 4.61. The Balaban J connectivity index is 1.80. The van der Waals surface area contributed by atoms with Gasteiger partial charge in [0, 0.05) is 11.1 Å². The van der Waals surface area contributed by atoms with Crippen molar-refractivity contribution in [1.82, 2.24) is 0 Å². The van der Waals surface area contributed by atoms with E-state index in [9.17, 15) is 19.1 Å². The zero-order chi connectivity index (χ0) is 17.8. The maximum absolute atomic E-state index is 12.9. The number of halogens is 1. The van der Waals surface area contributed by atoms with Gasteiger partial charge in [0.25, 0.3) is 5.91 Å². The number of hydrogen-bond donors (Lipinski definition) is 2. The number of nitrogens with one attached hydrogen (secondary N) is 1. The molecule has 0 heterocycles. The molecule has 0 aliphatic heterocycles. The molecule has 126 valence electrons. The van der Waals surface area contributed by atoms with E-state index in [1.54, 1.807) is 18.2 Å². The monoisotopic (exact) mass is 339 g/mol. The summed E-state index contributed by atoms with van der Waals surface area (Å²) in [7, 11) is 0. The molecule has 0 aromatic heterocycles. The number of fused-ring (bicyclic) bond motifs is 1. The summed E-state index contributed by atoms with van der Waals surface area (Å²) < 4.78 is 18.4. The fraction of sp³-hybridized carbons (Fsp3) is 0.0526. The number of carbonyl (C=O) groups is 2. The van der Waals surface area contributed by atoms with E-state index in [2.05, 4.69) is 5.32 Å². The topological polar surface area (TPSA) is 75.6 Å². The third-order valence-corrected chi connectivity index (χ3v) is 3.59. The minimum atomic E-state index is -1.14. The highest BCUT2D eigenvalue weighted by Crippen LogP contribution is 2.30. The third-order valence-electron chi connectivity index (χ3n) is 3.59. The van der Waals surface area contributed by atoms with Crippen LogP contribution in [0.1, 0.15) is 10.4 Å². The highest BCUT2D eigenvalue weighted by Gasteiger charge is 2.16. The summed E-state index contributed by atoms with van der Waals surface area (Å²) >= 11 is 0. The number of carbonyl (C=O) groups excluding carboxylic acids is 1. The molecule has 0 aliphatic rings. The van der Waals surface area contributed by atoms with Crippen LogP contribution in [0.4, 0.5) is 10.1 Å². The van der Waals surface area contributed by atoms with Crippen molar-refractivity contribution in [2.24, 2.45) is 0 Å². The van der Waals surface area contributed by atoms with Gasteiger partial charge in [-0.1, -0.05) is 30.3 Å². The lowest BCUT2D eigenvalue weighted by atomic mass is 10.1. The number of benzene rings is 3. The number of anilines is 1. The molecule has 3 rings (SSSR count). The maximum atomic E-state index is 12.9. The van der Waals surface area contributed by atoms with E-state index in [0.29, 0.717) is 11.1 Å². The Hall–Kier alpha value is -3.41. The predicted octanol–water partition coefficient (Wildman–Crippen LogP) is 3.69. The zero-order valence-corrected chi connectivity index (χ0v) is 13.0. The van der Waals surface area contributed by atoms with Gasteiger partial charge < -0.3 is 15.2 Å². The first-order chi connectivity index (χ1) is 12.0. The van der Waals surface area contributed by atoms with Gasteiger partial charge in [-0.15, -0.1) is 0 Å². The average molecular weight is 339 g/mol. The van der Waals surface area contributed by atoms with Crippen molar-refractivity contribution in [3.8, 4) is 5.75 Å². The lowest BCUT2D eigenvalue weighted by Crippen LogP contribution is -2.21. The van der Waals surface area contributed by atoms with E-state index < -0.39 is 17.7 Å². The van der Waals surface area contributed by atoms with Crippen LogP contribution in [0.5, 0.6) is 5.75 Å². The minimum absolute atomic E-state index is 0.0201. The molecule has 0 radical (unpaired) electrons. The Morgan fingerprint density at radius 3 is 2.44 bits per heavy atom. The minimum Gasteiger partial charge on any atom is -0.482 e. The molecule has 1 amide bonds. The molecular formula is C19H14FNO4. The largest absolute Gasteiger partial charge is 0.482 e. The molecule has 0 unspecified atom stereocenters. The first kappa shape index (κ1) is 16.4. The van der Waals surface area contributed by atoms with Crippen LogP contribution in [0.25, 0.3) is 10.8 Å². The first-order valence-electron chi connectivity index (χ1n) is 7.48. The predicted molar refractivity (Wildman–Crippen MR) is 91.4 cm³/mol. The molecule has 3 aromatic carbocycles. The van der Waals surface area contributed by atoms with Crippen molar-refractivity contribution in [3.05, 3.63) is 72.0 Å². The molecule has 6 heteroatoms. The van der Waals surface area contributed by atoms with Gasteiger partial charge in [0.1, 0.15) is 17.1 Å². The highest BCUT2D eigenvalue weighted by atomic mass is 19.1. The van der Waals surface area contributed by atoms with Crippen molar-refractivity contribution in [2.45, 2.75) is 0 Å². The molecule has 2 N–H and O–H groups in total. The molecule has 0 aliphatic carbocycles. The molecule has 5 nitrogen and oxygen atoms in total. The first-order valence-corrected chi connectivity index (χ1v) is 7.48. The van der Waals surface area contributed by atoms with Crippen molar-refractivity contribution in [2.75, 3.05) is 11.9 Å². The lowest BCUT2D eigenvalue weighted by molar-refractivity contribution is -0.118. The molecular weight excluding hydrogens is 325 g/mol. The van der Waals surface area contributed by atoms with E-state index in [0.717, 1.165) is 5.39 Å². The number of rotatable bonds is 5. The van der Waals surface area contributed by atoms with Crippen molar-refractivity contribution < 1.29 is 23.8 Å².